The van der Waals surface area contributed by atoms with Crippen molar-refractivity contribution in [1.82, 2.24) is 43.7 Å². The summed E-state index contributed by atoms with van der Waals surface area (Å²) in [5.74, 6) is -0.782. The van der Waals surface area contributed by atoms with E-state index in [4.69, 9.17) is 4.74 Å². The van der Waals surface area contributed by atoms with E-state index in [1.807, 2.05) is 6.07 Å². The number of alkyl halides is 2. The number of carbonyl (C=O) groups excluding carboxylic acids is 3. The molecule has 0 spiro atoms. The second-order valence-electron chi connectivity index (χ2n) is 17.0. The number of piperidine rings is 2. The van der Waals surface area contributed by atoms with Gasteiger partial charge in [0, 0.05) is 75.7 Å². The maximum absolute atomic E-state index is 13.9. The summed E-state index contributed by atoms with van der Waals surface area (Å²) in [5.41, 5.74) is -1.45. The van der Waals surface area contributed by atoms with Gasteiger partial charge in [-0.2, -0.15) is 10.1 Å². The highest BCUT2D eigenvalue weighted by molar-refractivity contribution is 7.89. The number of amides is 3. The first-order chi connectivity index (χ1) is 29.6. The fourth-order valence-corrected chi connectivity index (χ4v) is 10.9. The van der Waals surface area contributed by atoms with Crippen molar-refractivity contribution in [3.05, 3.63) is 52.1 Å². The minimum Gasteiger partial charge on any atom is -0.481 e. The number of fused-ring (bicyclic) bond motifs is 2. The predicted octanol–water partition coefficient (Wildman–Crippen LogP) is 2.43. The number of halogens is 2. The Morgan fingerprint density at radius 1 is 1.08 bits per heavy atom. The third-order valence-electron chi connectivity index (χ3n) is 12.8. The Balaban J connectivity index is 0.789. The Kier molecular flexibility index (Phi) is 12.3. The molecule has 0 radical (unpaired) electrons. The molecule has 1 unspecified atom stereocenters. The van der Waals surface area contributed by atoms with Crippen molar-refractivity contribution in [3.8, 4) is 5.75 Å². The van der Waals surface area contributed by atoms with Crippen LogP contribution in [-0.4, -0.2) is 139 Å². The van der Waals surface area contributed by atoms with E-state index in [1.165, 1.54) is 15.1 Å². The van der Waals surface area contributed by atoms with Crippen LogP contribution < -0.4 is 20.9 Å². The van der Waals surface area contributed by atoms with Crippen LogP contribution in [0.2, 0.25) is 0 Å². The maximum Gasteiger partial charge on any atom is 0.269 e. The number of anilines is 1. The van der Waals surface area contributed by atoms with Gasteiger partial charge in [-0.05, 0) is 70.5 Å². The number of benzene rings is 1. The lowest BCUT2D eigenvalue weighted by atomic mass is 9.93. The van der Waals surface area contributed by atoms with Gasteiger partial charge in [0.15, 0.2) is 6.61 Å². The molecule has 3 saturated heterocycles. The summed E-state index contributed by atoms with van der Waals surface area (Å²) in [6.45, 7) is 4.69. The highest BCUT2D eigenvalue weighted by atomic mass is 32.2. The second-order valence-corrected chi connectivity index (χ2v) is 19.1. The van der Waals surface area contributed by atoms with Gasteiger partial charge in [-0.1, -0.05) is 12.1 Å². The smallest absolute Gasteiger partial charge is 0.269 e. The summed E-state index contributed by atoms with van der Waals surface area (Å²) in [4.78, 5) is 63.5. The van der Waals surface area contributed by atoms with Crippen molar-refractivity contribution >= 4 is 55.6 Å². The number of rotatable bonds is 13. The Labute approximate surface area is 356 Å². The second kappa shape index (κ2) is 17.6. The number of aryl methyl sites for hydroxylation is 1. The number of ether oxygens (including phenoxy) is 1. The highest BCUT2D eigenvalue weighted by Gasteiger charge is 2.40. The molecule has 6 heterocycles. The standard InChI is InChI=1S/C41H52F2N10O8S/c1-41(58)13-4-8-31(41)53-37-25(22-29(36(42)43)39(53)57)23-44-40(47-37)45-26-11-15-52(16-12-26)62(59,60)21-5-14-50-17-19-51(20-18-50)33(55)24-61-30-7-3-6-27-34(48-49(2)35(27)30)28-9-10-32(54)46-38(28)56/h3,6-7,22-23,26,28,31,36,58H,4-5,8-21,24H2,1-2H3,(H,44,45,47)(H,46,54,56)/t28?,31-,41+/m1/s1. The molecule has 1 saturated carbocycles. The molecule has 3 N–H and O–H groups in total. The van der Waals surface area contributed by atoms with Gasteiger partial charge in [0.1, 0.15) is 16.9 Å². The first kappa shape index (κ1) is 43.5. The number of imide groups is 1. The lowest BCUT2D eigenvalue weighted by Gasteiger charge is -2.35. The number of nitrogens with zero attached hydrogens (tertiary/aromatic N) is 8. The number of hydrogen-bond donors (Lipinski definition) is 3. The van der Waals surface area contributed by atoms with E-state index in [0.29, 0.717) is 108 Å². The number of carbonyl (C=O) groups is 3. The van der Waals surface area contributed by atoms with Crippen molar-refractivity contribution in [2.75, 3.05) is 63.5 Å². The number of piperazine rings is 1. The van der Waals surface area contributed by atoms with Gasteiger partial charge in [0.05, 0.1) is 34.6 Å². The quantitative estimate of drug-likeness (QED) is 0.165. The molecule has 18 nitrogen and oxygen atoms in total. The molecular weight excluding hydrogens is 831 g/mol. The zero-order valence-corrected chi connectivity index (χ0v) is 35.6. The molecule has 1 aromatic carbocycles. The summed E-state index contributed by atoms with van der Waals surface area (Å²) in [7, 11) is -1.79. The number of para-hydroxylation sites is 1. The van der Waals surface area contributed by atoms with E-state index in [1.54, 1.807) is 35.7 Å². The van der Waals surface area contributed by atoms with Gasteiger partial charge < -0.3 is 20.1 Å². The Bertz CT molecular complexity index is 2530. The van der Waals surface area contributed by atoms with Crippen LogP contribution in [0.25, 0.3) is 21.9 Å². The zero-order valence-electron chi connectivity index (χ0n) is 34.8. The van der Waals surface area contributed by atoms with Gasteiger partial charge in [0.2, 0.25) is 27.8 Å². The Hall–Kier alpha value is -5.12. The number of sulfonamides is 1. The van der Waals surface area contributed by atoms with Crippen LogP contribution in [0.5, 0.6) is 5.75 Å². The minimum atomic E-state index is -3.53. The SMILES string of the molecule is Cn1nc(C2CCC(=O)NC2=O)c2cccc(OCC(=O)N3CCN(CCCS(=O)(=O)N4CCC(Nc5ncc6cc(C(F)F)c(=O)n([C@@H]7CCC[C@]7(C)O)c6n5)CC4)CC3)c21. The molecule has 8 rings (SSSR count). The van der Waals surface area contributed by atoms with Crippen LogP contribution in [0, 0.1) is 0 Å². The number of nitrogens with one attached hydrogen (secondary N) is 2. The summed E-state index contributed by atoms with van der Waals surface area (Å²) >= 11 is 0. The molecule has 4 fully saturated rings. The summed E-state index contributed by atoms with van der Waals surface area (Å²) < 4.78 is 64.7. The van der Waals surface area contributed by atoms with Crippen molar-refractivity contribution in [2.24, 2.45) is 7.05 Å². The van der Waals surface area contributed by atoms with Gasteiger partial charge in [-0.3, -0.25) is 38.6 Å². The number of aliphatic hydroxyl groups is 1. The highest BCUT2D eigenvalue weighted by Crippen LogP contribution is 2.40. The fourth-order valence-electron chi connectivity index (χ4n) is 9.36. The van der Waals surface area contributed by atoms with Crippen molar-refractivity contribution < 1.29 is 41.4 Å². The molecule has 1 aliphatic carbocycles. The van der Waals surface area contributed by atoms with Crippen molar-refractivity contribution in [1.29, 1.82) is 0 Å². The molecule has 3 atom stereocenters. The third kappa shape index (κ3) is 8.89. The van der Waals surface area contributed by atoms with Crippen molar-refractivity contribution in [3.63, 3.8) is 0 Å². The fraction of sp³-hybridized carbons (Fsp3) is 0.585. The summed E-state index contributed by atoms with van der Waals surface area (Å²) in [6.07, 6.45) is 1.87. The van der Waals surface area contributed by atoms with Crippen LogP contribution in [0.1, 0.15) is 87.9 Å². The van der Waals surface area contributed by atoms with E-state index < -0.39 is 45.1 Å². The number of pyridine rings is 1. The van der Waals surface area contributed by atoms with Crippen molar-refractivity contribution in [2.45, 2.75) is 88.3 Å². The van der Waals surface area contributed by atoms with E-state index in [-0.39, 0.29) is 59.5 Å². The van der Waals surface area contributed by atoms with E-state index in [2.05, 4.69) is 30.6 Å². The maximum atomic E-state index is 13.9. The predicted molar refractivity (Wildman–Crippen MR) is 223 cm³/mol. The zero-order chi connectivity index (χ0) is 43.9. The molecule has 3 aliphatic heterocycles. The van der Waals surface area contributed by atoms with Crippen LogP contribution in [-0.2, 0) is 31.5 Å². The molecule has 0 bridgehead atoms. The lowest BCUT2D eigenvalue weighted by Crippen LogP contribution is -2.50. The van der Waals surface area contributed by atoms with Gasteiger partial charge >= 0.3 is 0 Å². The first-order valence-electron chi connectivity index (χ1n) is 21.2. The van der Waals surface area contributed by atoms with Crippen LogP contribution in [0.3, 0.4) is 0 Å². The van der Waals surface area contributed by atoms with Gasteiger partial charge in [0.25, 0.3) is 17.9 Å². The Morgan fingerprint density at radius 3 is 2.53 bits per heavy atom. The average molecular weight is 883 g/mol. The minimum absolute atomic E-state index is 0.0141. The molecule has 62 heavy (non-hydrogen) atoms. The van der Waals surface area contributed by atoms with E-state index in [9.17, 15) is 41.5 Å². The Morgan fingerprint density at radius 2 is 1.84 bits per heavy atom. The molecule has 21 heteroatoms. The largest absolute Gasteiger partial charge is 0.481 e. The molecule has 4 aliphatic rings. The van der Waals surface area contributed by atoms with Crippen LogP contribution in [0.15, 0.2) is 35.3 Å². The van der Waals surface area contributed by atoms with Crippen LogP contribution in [0.4, 0.5) is 14.7 Å². The lowest BCUT2D eigenvalue weighted by molar-refractivity contribution is -0.135. The number of hydrogen-bond acceptors (Lipinski definition) is 13. The average Bonchev–Trinajstić information content (AvgIpc) is 3.77. The molecule has 4 aromatic rings. The molecule has 3 amide bonds. The molecule has 334 valence electrons. The monoisotopic (exact) mass is 882 g/mol. The van der Waals surface area contributed by atoms with Gasteiger partial charge in [-0.25, -0.2) is 26.5 Å². The van der Waals surface area contributed by atoms with E-state index in [0.717, 1.165) is 11.5 Å². The number of aromatic nitrogens is 5. The summed E-state index contributed by atoms with van der Waals surface area (Å²) in [6, 6.07) is 5.59. The van der Waals surface area contributed by atoms with E-state index >= 15 is 0 Å². The topological polar surface area (TPSA) is 214 Å². The van der Waals surface area contributed by atoms with Crippen LogP contribution >= 0.6 is 0 Å². The van der Waals surface area contributed by atoms with Gasteiger partial charge in [-0.15, -0.1) is 0 Å². The summed E-state index contributed by atoms with van der Waals surface area (Å²) in [5, 5.41) is 22.2. The normalized spacial score (nSPS) is 23.4. The molecular formula is C41H52F2N10O8S. The third-order valence-corrected chi connectivity index (χ3v) is 14.7. The molecule has 3 aromatic heterocycles. The first-order valence-corrected chi connectivity index (χ1v) is 22.8.